The highest BCUT2D eigenvalue weighted by Gasteiger charge is 2.22. The Morgan fingerprint density at radius 2 is 2.12 bits per heavy atom. The van der Waals surface area contributed by atoms with Crippen molar-refractivity contribution in [2.24, 2.45) is 5.92 Å². The molecule has 0 aliphatic carbocycles. The molecule has 1 N–H and O–H groups in total. The summed E-state index contributed by atoms with van der Waals surface area (Å²) in [6, 6.07) is 0.639. The van der Waals surface area contributed by atoms with Crippen molar-refractivity contribution >= 4 is 0 Å². The van der Waals surface area contributed by atoms with Crippen LogP contribution in [0.2, 0.25) is 0 Å². The van der Waals surface area contributed by atoms with E-state index in [0.29, 0.717) is 23.7 Å². The van der Waals surface area contributed by atoms with E-state index in [9.17, 15) is 0 Å². The molecular formula is C12H21N3O2. The maximum Gasteiger partial charge on any atom is 0.227 e. The third-order valence-corrected chi connectivity index (χ3v) is 3.49. The summed E-state index contributed by atoms with van der Waals surface area (Å²) in [6.07, 6.45) is 3.23. The van der Waals surface area contributed by atoms with Crippen LogP contribution in [0.5, 0.6) is 0 Å². The second-order valence-electron chi connectivity index (χ2n) is 5.04. The monoisotopic (exact) mass is 239 g/mol. The lowest BCUT2D eigenvalue weighted by molar-refractivity contribution is 0.145. The predicted molar refractivity (Wildman–Crippen MR) is 63.4 cm³/mol. The molecule has 1 saturated heterocycles. The third-order valence-electron chi connectivity index (χ3n) is 3.49. The van der Waals surface area contributed by atoms with E-state index in [1.807, 2.05) is 0 Å². The van der Waals surface area contributed by atoms with Gasteiger partial charge in [-0.1, -0.05) is 5.16 Å². The van der Waals surface area contributed by atoms with Crippen molar-refractivity contribution in [3.63, 3.8) is 0 Å². The molecule has 0 atom stereocenters. The molecular weight excluding hydrogens is 218 g/mol. The molecule has 5 heteroatoms. The highest BCUT2D eigenvalue weighted by molar-refractivity contribution is 4.88. The van der Waals surface area contributed by atoms with Crippen LogP contribution in [0.25, 0.3) is 0 Å². The fourth-order valence-corrected chi connectivity index (χ4v) is 2.36. The Kier molecular flexibility index (Phi) is 4.12. The zero-order chi connectivity index (χ0) is 12.3. The minimum absolute atomic E-state index is 0.144. The average molecular weight is 239 g/mol. The number of aromatic nitrogens is 2. The smallest absolute Gasteiger partial charge is 0.227 e. The van der Waals surface area contributed by atoms with Gasteiger partial charge in [-0.05, 0) is 45.7 Å². The average Bonchev–Trinajstić information content (AvgIpc) is 2.77. The van der Waals surface area contributed by atoms with E-state index in [0.717, 1.165) is 19.5 Å². The molecule has 0 unspecified atom stereocenters. The van der Waals surface area contributed by atoms with Crippen molar-refractivity contribution in [1.82, 2.24) is 15.0 Å². The molecule has 0 saturated carbocycles. The number of aliphatic hydroxyl groups excluding tert-OH is 1. The van der Waals surface area contributed by atoms with E-state index in [-0.39, 0.29) is 6.61 Å². The van der Waals surface area contributed by atoms with E-state index >= 15 is 0 Å². The summed E-state index contributed by atoms with van der Waals surface area (Å²) in [5.41, 5.74) is 0. The fourth-order valence-electron chi connectivity index (χ4n) is 2.36. The Balaban J connectivity index is 1.81. The number of piperidine rings is 1. The van der Waals surface area contributed by atoms with Crippen LogP contribution in [0.4, 0.5) is 0 Å². The topological polar surface area (TPSA) is 62.4 Å². The SMILES string of the molecule is CC(C)N1CCC(Cc2nc(CO)no2)CC1. The summed E-state index contributed by atoms with van der Waals surface area (Å²) in [7, 11) is 0. The lowest BCUT2D eigenvalue weighted by Gasteiger charge is -2.34. The molecule has 1 fully saturated rings. The van der Waals surface area contributed by atoms with Gasteiger partial charge in [0.25, 0.3) is 0 Å². The van der Waals surface area contributed by atoms with Crippen molar-refractivity contribution in [3.05, 3.63) is 11.7 Å². The van der Waals surface area contributed by atoms with Crippen LogP contribution in [0.3, 0.4) is 0 Å². The highest BCUT2D eigenvalue weighted by Crippen LogP contribution is 2.22. The molecule has 17 heavy (non-hydrogen) atoms. The number of hydrogen-bond acceptors (Lipinski definition) is 5. The molecule has 1 aliphatic rings. The molecule has 1 aromatic heterocycles. The summed E-state index contributed by atoms with van der Waals surface area (Å²) in [5, 5.41) is 12.6. The largest absolute Gasteiger partial charge is 0.388 e. The number of hydrogen-bond donors (Lipinski definition) is 1. The van der Waals surface area contributed by atoms with Gasteiger partial charge in [0.2, 0.25) is 5.89 Å². The first-order chi connectivity index (χ1) is 8.19. The van der Waals surface area contributed by atoms with Crippen LogP contribution in [0, 0.1) is 5.92 Å². The van der Waals surface area contributed by atoms with Gasteiger partial charge in [0.15, 0.2) is 5.82 Å². The second kappa shape index (κ2) is 5.60. The van der Waals surface area contributed by atoms with Crippen LogP contribution in [0.15, 0.2) is 4.52 Å². The molecule has 1 aliphatic heterocycles. The summed E-state index contributed by atoms with van der Waals surface area (Å²) in [4.78, 5) is 6.64. The van der Waals surface area contributed by atoms with Gasteiger partial charge in [-0.3, -0.25) is 0 Å². The molecule has 5 nitrogen and oxygen atoms in total. The van der Waals surface area contributed by atoms with E-state index < -0.39 is 0 Å². The minimum atomic E-state index is -0.144. The molecule has 0 amide bonds. The second-order valence-corrected chi connectivity index (χ2v) is 5.04. The summed E-state index contributed by atoms with van der Waals surface area (Å²) < 4.78 is 5.10. The number of nitrogens with zero attached hydrogens (tertiary/aromatic N) is 3. The Hall–Kier alpha value is -0.940. The summed E-state index contributed by atoms with van der Waals surface area (Å²) in [5.74, 6) is 1.69. The van der Waals surface area contributed by atoms with Gasteiger partial charge >= 0.3 is 0 Å². The van der Waals surface area contributed by atoms with Crippen molar-refractivity contribution in [2.75, 3.05) is 13.1 Å². The Morgan fingerprint density at radius 1 is 1.41 bits per heavy atom. The van der Waals surface area contributed by atoms with Crippen LogP contribution in [0.1, 0.15) is 38.4 Å². The van der Waals surface area contributed by atoms with Crippen LogP contribution in [-0.4, -0.2) is 39.3 Å². The molecule has 2 heterocycles. The molecule has 2 rings (SSSR count). The van der Waals surface area contributed by atoms with Crippen LogP contribution < -0.4 is 0 Å². The van der Waals surface area contributed by atoms with E-state index in [2.05, 4.69) is 28.9 Å². The first-order valence-electron chi connectivity index (χ1n) is 6.35. The maximum absolute atomic E-state index is 8.86. The predicted octanol–water partition coefficient (Wildman–Crippen LogP) is 1.22. The van der Waals surface area contributed by atoms with E-state index in [1.165, 1.54) is 12.8 Å². The third kappa shape index (κ3) is 3.26. The van der Waals surface area contributed by atoms with Gasteiger partial charge in [0, 0.05) is 12.5 Å². The zero-order valence-corrected chi connectivity index (χ0v) is 10.6. The van der Waals surface area contributed by atoms with Gasteiger partial charge in [0.05, 0.1) is 0 Å². The number of likely N-dealkylation sites (tertiary alicyclic amines) is 1. The lowest BCUT2D eigenvalue weighted by atomic mass is 9.93. The maximum atomic E-state index is 8.86. The van der Waals surface area contributed by atoms with Gasteiger partial charge < -0.3 is 14.5 Å². The number of aliphatic hydroxyl groups is 1. The van der Waals surface area contributed by atoms with Gasteiger partial charge in [0.1, 0.15) is 6.61 Å². The quantitative estimate of drug-likeness (QED) is 0.856. The standard InChI is InChI=1S/C12H21N3O2/c1-9(2)15-5-3-10(4-6-15)7-12-13-11(8-16)14-17-12/h9-10,16H,3-8H2,1-2H3. The molecule has 0 aromatic carbocycles. The van der Waals surface area contributed by atoms with Gasteiger partial charge in [-0.2, -0.15) is 4.98 Å². The van der Waals surface area contributed by atoms with Crippen molar-refractivity contribution in [3.8, 4) is 0 Å². The van der Waals surface area contributed by atoms with E-state index in [1.54, 1.807) is 0 Å². The van der Waals surface area contributed by atoms with Crippen LogP contribution >= 0.6 is 0 Å². The molecule has 0 spiro atoms. The lowest BCUT2D eigenvalue weighted by Crippen LogP contribution is -2.38. The van der Waals surface area contributed by atoms with Gasteiger partial charge in [-0.15, -0.1) is 0 Å². The van der Waals surface area contributed by atoms with E-state index in [4.69, 9.17) is 9.63 Å². The van der Waals surface area contributed by atoms with Crippen molar-refractivity contribution < 1.29 is 9.63 Å². The van der Waals surface area contributed by atoms with Crippen molar-refractivity contribution in [1.29, 1.82) is 0 Å². The normalized spacial score (nSPS) is 19.1. The fraction of sp³-hybridized carbons (Fsp3) is 0.833. The Labute approximate surface area is 102 Å². The summed E-state index contributed by atoms with van der Waals surface area (Å²) >= 11 is 0. The molecule has 1 aromatic rings. The Morgan fingerprint density at radius 3 is 2.65 bits per heavy atom. The molecule has 0 bridgehead atoms. The first kappa shape index (κ1) is 12.5. The van der Waals surface area contributed by atoms with Crippen molar-refractivity contribution in [2.45, 2.75) is 45.8 Å². The highest BCUT2D eigenvalue weighted by atomic mass is 16.5. The molecule has 0 radical (unpaired) electrons. The molecule has 96 valence electrons. The summed E-state index contributed by atoms with van der Waals surface area (Å²) in [6.45, 7) is 6.65. The zero-order valence-electron chi connectivity index (χ0n) is 10.6. The Bertz CT molecular complexity index is 343. The number of rotatable bonds is 4. The first-order valence-corrected chi connectivity index (χ1v) is 6.35. The van der Waals surface area contributed by atoms with Crippen LogP contribution in [-0.2, 0) is 13.0 Å². The minimum Gasteiger partial charge on any atom is -0.388 e. The van der Waals surface area contributed by atoms with Gasteiger partial charge in [-0.25, -0.2) is 0 Å².